The topological polar surface area (TPSA) is 52.3 Å². The maximum Gasteiger partial charge on any atom is 0.323 e. The van der Waals surface area contributed by atoms with E-state index < -0.39 is 6.04 Å². The summed E-state index contributed by atoms with van der Waals surface area (Å²) in [6.07, 6.45) is 4.00. The number of hydrogen-bond donors (Lipinski definition) is 1. The van der Waals surface area contributed by atoms with Crippen LogP contribution < -0.4 is 5.73 Å². The van der Waals surface area contributed by atoms with E-state index in [1.165, 1.54) is 11.6 Å². The fraction of sp³-hybridized carbons (Fsp3) is 0.357. The number of carbonyl (C=O) groups is 1. The van der Waals surface area contributed by atoms with Gasteiger partial charge in [-0.1, -0.05) is 43.0 Å². The maximum atomic E-state index is 11.3. The molecule has 3 heteroatoms. The number of benzene rings is 1. The molecule has 3 nitrogen and oxygen atoms in total. The Bertz CT molecular complexity index is 348. The van der Waals surface area contributed by atoms with Crippen molar-refractivity contribution in [3.63, 3.8) is 0 Å². The molecule has 0 aliphatic heterocycles. The molecule has 0 unspecified atom stereocenters. The standard InChI is InChI=1S/C14H19NO2/c1-2-11-17-14(16)13(15)10-6-9-12-7-4-3-5-8-12/h2-5,7-8,13H,1,6,9-11,15H2/t13-/m0/s1. The minimum Gasteiger partial charge on any atom is -0.460 e. The number of rotatable bonds is 7. The Morgan fingerprint density at radius 3 is 2.76 bits per heavy atom. The molecule has 0 aromatic heterocycles. The van der Waals surface area contributed by atoms with Crippen LogP contribution in [0.4, 0.5) is 0 Å². The second-order valence-electron chi connectivity index (χ2n) is 3.90. The Morgan fingerprint density at radius 1 is 1.41 bits per heavy atom. The highest BCUT2D eigenvalue weighted by atomic mass is 16.5. The van der Waals surface area contributed by atoms with Crippen LogP contribution in [0.5, 0.6) is 0 Å². The number of aryl methyl sites for hydroxylation is 1. The highest BCUT2D eigenvalue weighted by Gasteiger charge is 2.13. The fourth-order valence-corrected chi connectivity index (χ4v) is 1.54. The fourth-order valence-electron chi connectivity index (χ4n) is 1.54. The molecule has 0 amide bonds. The summed E-state index contributed by atoms with van der Waals surface area (Å²) >= 11 is 0. The summed E-state index contributed by atoms with van der Waals surface area (Å²) in [5.41, 5.74) is 6.98. The minimum atomic E-state index is -0.529. The van der Waals surface area contributed by atoms with Gasteiger partial charge in [0.05, 0.1) is 0 Å². The smallest absolute Gasteiger partial charge is 0.323 e. The molecule has 0 aliphatic carbocycles. The molecular weight excluding hydrogens is 214 g/mol. The van der Waals surface area contributed by atoms with Crippen molar-refractivity contribution in [3.05, 3.63) is 48.6 Å². The largest absolute Gasteiger partial charge is 0.460 e. The second kappa shape index (κ2) is 7.63. The summed E-state index contributed by atoms with van der Waals surface area (Å²) in [4.78, 5) is 11.3. The third-order valence-corrected chi connectivity index (χ3v) is 2.47. The maximum absolute atomic E-state index is 11.3. The summed E-state index contributed by atoms with van der Waals surface area (Å²) in [6.45, 7) is 3.70. The molecule has 0 saturated carbocycles. The van der Waals surface area contributed by atoms with Crippen molar-refractivity contribution < 1.29 is 9.53 Å². The van der Waals surface area contributed by atoms with E-state index in [0.717, 1.165) is 12.8 Å². The van der Waals surface area contributed by atoms with Crippen molar-refractivity contribution in [1.29, 1.82) is 0 Å². The molecule has 1 atom stereocenters. The van der Waals surface area contributed by atoms with Gasteiger partial charge >= 0.3 is 5.97 Å². The predicted molar refractivity (Wildman–Crippen MR) is 68.5 cm³/mol. The summed E-state index contributed by atoms with van der Waals surface area (Å²) in [7, 11) is 0. The number of carbonyl (C=O) groups excluding carboxylic acids is 1. The predicted octanol–water partition coefficient (Wildman–Crippen LogP) is 2.07. The summed E-state index contributed by atoms with van der Waals surface area (Å²) in [6, 6.07) is 9.62. The van der Waals surface area contributed by atoms with Crippen LogP contribution in [0, 0.1) is 0 Å². The zero-order valence-electron chi connectivity index (χ0n) is 9.97. The van der Waals surface area contributed by atoms with E-state index in [1.807, 2.05) is 18.2 Å². The Kier molecular flexibility index (Phi) is 6.04. The van der Waals surface area contributed by atoms with Crippen LogP contribution in [0.25, 0.3) is 0 Å². The van der Waals surface area contributed by atoms with Crippen molar-refractivity contribution in [2.75, 3.05) is 6.61 Å². The first kappa shape index (κ1) is 13.5. The normalized spacial score (nSPS) is 11.8. The van der Waals surface area contributed by atoms with Gasteiger partial charge in [0.1, 0.15) is 12.6 Å². The van der Waals surface area contributed by atoms with Gasteiger partial charge in [-0.15, -0.1) is 0 Å². The quantitative estimate of drug-likeness (QED) is 0.579. The van der Waals surface area contributed by atoms with Gasteiger partial charge in [-0.05, 0) is 24.8 Å². The Morgan fingerprint density at radius 2 is 2.12 bits per heavy atom. The molecule has 2 N–H and O–H groups in total. The van der Waals surface area contributed by atoms with Gasteiger partial charge in [-0.3, -0.25) is 4.79 Å². The van der Waals surface area contributed by atoms with E-state index in [4.69, 9.17) is 10.5 Å². The number of nitrogens with two attached hydrogens (primary N) is 1. The van der Waals surface area contributed by atoms with E-state index >= 15 is 0 Å². The molecule has 17 heavy (non-hydrogen) atoms. The molecule has 92 valence electrons. The van der Waals surface area contributed by atoms with E-state index in [2.05, 4.69) is 18.7 Å². The molecule has 0 aliphatic rings. The van der Waals surface area contributed by atoms with Gasteiger partial charge in [0.25, 0.3) is 0 Å². The molecule has 0 saturated heterocycles. The molecule has 0 fully saturated rings. The third-order valence-electron chi connectivity index (χ3n) is 2.47. The number of ether oxygens (including phenoxy) is 1. The average molecular weight is 233 g/mol. The monoisotopic (exact) mass is 233 g/mol. The van der Waals surface area contributed by atoms with Gasteiger partial charge in [-0.25, -0.2) is 0 Å². The molecule has 0 bridgehead atoms. The molecule has 0 spiro atoms. The summed E-state index contributed by atoms with van der Waals surface area (Å²) in [5.74, 6) is -0.349. The van der Waals surface area contributed by atoms with Gasteiger partial charge in [-0.2, -0.15) is 0 Å². The van der Waals surface area contributed by atoms with E-state index in [0.29, 0.717) is 6.42 Å². The lowest BCUT2D eigenvalue weighted by Gasteiger charge is -2.10. The van der Waals surface area contributed by atoms with E-state index in [1.54, 1.807) is 0 Å². The Hall–Kier alpha value is -1.61. The van der Waals surface area contributed by atoms with Crippen molar-refractivity contribution in [1.82, 2.24) is 0 Å². The van der Waals surface area contributed by atoms with Gasteiger partial charge in [0.2, 0.25) is 0 Å². The van der Waals surface area contributed by atoms with Gasteiger partial charge < -0.3 is 10.5 Å². The van der Waals surface area contributed by atoms with Crippen LogP contribution in [0.15, 0.2) is 43.0 Å². The third kappa shape index (κ3) is 5.31. The summed E-state index contributed by atoms with van der Waals surface area (Å²) in [5, 5.41) is 0. The lowest BCUT2D eigenvalue weighted by atomic mass is 10.1. The van der Waals surface area contributed by atoms with E-state index in [-0.39, 0.29) is 12.6 Å². The van der Waals surface area contributed by atoms with E-state index in [9.17, 15) is 4.79 Å². The van der Waals surface area contributed by atoms with Crippen LogP contribution in [-0.4, -0.2) is 18.6 Å². The molecule has 1 rings (SSSR count). The van der Waals surface area contributed by atoms with Crippen LogP contribution in [-0.2, 0) is 16.0 Å². The van der Waals surface area contributed by atoms with Crippen molar-refractivity contribution >= 4 is 5.97 Å². The van der Waals surface area contributed by atoms with Crippen molar-refractivity contribution in [2.24, 2.45) is 5.73 Å². The number of esters is 1. The highest BCUT2D eigenvalue weighted by molar-refractivity contribution is 5.75. The summed E-state index contributed by atoms with van der Waals surface area (Å²) < 4.78 is 4.87. The number of hydrogen-bond acceptors (Lipinski definition) is 3. The lowest BCUT2D eigenvalue weighted by molar-refractivity contribution is -0.144. The molecule has 1 aromatic carbocycles. The van der Waals surface area contributed by atoms with Crippen LogP contribution >= 0.6 is 0 Å². The zero-order chi connectivity index (χ0) is 12.5. The Labute approximate surface area is 102 Å². The van der Waals surface area contributed by atoms with Crippen molar-refractivity contribution in [3.8, 4) is 0 Å². The molecule has 0 heterocycles. The van der Waals surface area contributed by atoms with Gasteiger partial charge in [0.15, 0.2) is 0 Å². The van der Waals surface area contributed by atoms with Crippen LogP contribution in [0.3, 0.4) is 0 Å². The SMILES string of the molecule is C=CCOC(=O)[C@@H](N)CCCc1ccccc1. The second-order valence-corrected chi connectivity index (χ2v) is 3.90. The minimum absolute atomic E-state index is 0.227. The zero-order valence-corrected chi connectivity index (χ0v) is 9.97. The highest BCUT2D eigenvalue weighted by Crippen LogP contribution is 2.06. The molecular formula is C14H19NO2. The first-order valence-corrected chi connectivity index (χ1v) is 5.81. The first-order chi connectivity index (χ1) is 8.24. The van der Waals surface area contributed by atoms with Gasteiger partial charge in [0, 0.05) is 0 Å². The van der Waals surface area contributed by atoms with Crippen molar-refractivity contribution in [2.45, 2.75) is 25.3 Å². The Balaban J connectivity index is 2.22. The average Bonchev–Trinajstić information content (AvgIpc) is 2.37. The first-order valence-electron chi connectivity index (χ1n) is 5.81. The van der Waals surface area contributed by atoms with Crippen LogP contribution in [0.1, 0.15) is 18.4 Å². The van der Waals surface area contributed by atoms with Crippen LogP contribution in [0.2, 0.25) is 0 Å². The molecule has 1 aromatic rings. The molecule has 0 radical (unpaired) electrons. The lowest BCUT2D eigenvalue weighted by Crippen LogP contribution is -2.32.